The third-order valence-electron chi connectivity index (χ3n) is 9.80. The lowest BCUT2D eigenvalue weighted by atomic mass is 9.48. The summed E-state index contributed by atoms with van der Waals surface area (Å²) in [5, 5.41) is 0. The van der Waals surface area contributed by atoms with E-state index in [0.717, 1.165) is 77.8 Å². The molecule has 3 saturated carbocycles. The van der Waals surface area contributed by atoms with Gasteiger partial charge in [0.15, 0.2) is 0 Å². The van der Waals surface area contributed by atoms with Crippen LogP contribution in [-0.2, 0) is 19.1 Å². The molecular weight excluding hydrogens is 390 g/mol. The predicted molar refractivity (Wildman–Crippen MR) is 118 cm³/mol. The van der Waals surface area contributed by atoms with E-state index >= 15 is 0 Å². The van der Waals surface area contributed by atoms with E-state index < -0.39 is 0 Å². The predicted octanol–water partition coefficient (Wildman–Crippen LogP) is 4.15. The number of esters is 1. The van der Waals surface area contributed by atoms with Crippen molar-refractivity contribution in [2.75, 3.05) is 32.8 Å². The van der Waals surface area contributed by atoms with Crippen LogP contribution in [0.15, 0.2) is 11.6 Å². The van der Waals surface area contributed by atoms with Crippen LogP contribution < -0.4 is 0 Å². The number of hydrogen-bond donors (Lipinski definition) is 0. The number of fused-ring (bicyclic) bond motifs is 5. The maximum absolute atomic E-state index is 12.6. The summed E-state index contributed by atoms with van der Waals surface area (Å²) in [6, 6.07) is 0. The Morgan fingerprint density at radius 2 is 1.87 bits per heavy atom. The van der Waals surface area contributed by atoms with Crippen molar-refractivity contribution >= 4 is 11.8 Å². The van der Waals surface area contributed by atoms with Crippen molar-refractivity contribution < 1.29 is 19.1 Å². The molecule has 5 heteroatoms. The summed E-state index contributed by atoms with van der Waals surface area (Å²) >= 11 is 0. The smallest absolute Gasteiger partial charge is 0.307 e. The van der Waals surface area contributed by atoms with Gasteiger partial charge in [-0.2, -0.15) is 0 Å². The molecule has 0 unspecified atom stereocenters. The highest BCUT2D eigenvalue weighted by molar-refractivity contribution is 5.87. The Bertz CT molecular complexity index is 757. The highest BCUT2D eigenvalue weighted by Gasteiger charge is 2.58. The minimum Gasteiger partial charge on any atom is -0.462 e. The van der Waals surface area contributed by atoms with Crippen molar-refractivity contribution in [3.8, 4) is 0 Å². The number of nitrogens with zero attached hydrogens (tertiary/aromatic N) is 1. The van der Waals surface area contributed by atoms with E-state index in [2.05, 4.69) is 24.8 Å². The molecule has 4 fully saturated rings. The molecule has 0 aromatic heterocycles. The standard InChI is InChI=1S/C26H39NO4/c1-25-10-7-19(31-24(29)9-12-27-13-15-30-16-14-27)17-18(25)3-4-20-21-5-6-23(28)26(21,2)11-8-22(20)25/h3,19-22H,4-17H2,1-2H3/t19-,20-,21-,22-,25+,26+/m1/s1. The number of Topliss-reactive ketones (excluding diaryl/α,β-unsaturated/α-hetero) is 1. The highest BCUT2D eigenvalue weighted by atomic mass is 16.5. The molecule has 0 amide bonds. The van der Waals surface area contributed by atoms with Gasteiger partial charge < -0.3 is 9.47 Å². The molecule has 0 aromatic rings. The van der Waals surface area contributed by atoms with Crippen LogP contribution in [-0.4, -0.2) is 55.6 Å². The Hall–Kier alpha value is -1.20. The van der Waals surface area contributed by atoms with E-state index in [0.29, 0.717) is 30.0 Å². The lowest BCUT2D eigenvalue weighted by Gasteiger charge is -2.56. The number of allylic oxidation sites excluding steroid dienone is 1. The molecule has 172 valence electrons. The molecule has 4 aliphatic carbocycles. The molecule has 6 atom stereocenters. The molecule has 5 aliphatic rings. The van der Waals surface area contributed by atoms with Gasteiger partial charge in [0.1, 0.15) is 11.9 Å². The number of morpholine rings is 1. The summed E-state index contributed by atoms with van der Waals surface area (Å²) in [7, 11) is 0. The molecule has 1 saturated heterocycles. The van der Waals surface area contributed by atoms with E-state index in [9.17, 15) is 9.59 Å². The van der Waals surface area contributed by atoms with Crippen LogP contribution in [0.4, 0.5) is 0 Å². The normalized spacial score (nSPS) is 42.9. The van der Waals surface area contributed by atoms with E-state index in [4.69, 9.17) is 9.47 Å². The Labute approximate surface area is 186 Å². The zero-order valence-electron chi connectivity index (χ0n) is 19.4. The number of ketones is 1. The fraction of sp³-hybridized carbons (Fsp3) is 0.846. The maximum atomic E-state index is 12.6. The number of carbonyl (C=O) groups is 2. The van der Waals surface area contributed by atoms with Crippen molar-refractivity contribution in [1.82, 2.24) is 4.90 Å². The first-order valence-corrected chi connectivity index (χ1v) is 12.6. The number of ether oxygens (including phenoxy) is 2. The first kappa shape index (κ1) is 21.6. The average molecular weight is 430 g/mol. The van der Waals surface area contributed by atoms with E-state index in [1.165, 1.54) is 12.0 Å². The van der Waals surface area contributed by atoms with Crippen molar-refractivity contribution in [2.45, 2.75) is 77.7 Å². The summed E-state index contributed by atoms with van der Waals surface area (Å²) in [5.41, 5.74) is 1.70. The molecule has 0 radical (unpaired) electrons. The molecule has 1 heterocycles. The van der Waals surface area contributed by atoms with Gasteiger partial charge in [0.25, 0.3) is 0 Å². The summed E-state index contributed by atoms with van der Waals surface area (Å²) < 4.78 is 11.3. The van der Waals surface area contributed by atoms with Gasteiger partial charge in [0.2, 0.25) is 0 Å². The van der Waals surface area contributed by atoms with Gasteiger partial charge in [-0.3, -0.25) is 14.5 Å². The van der Waals surface area contributed by atoms with Crippen LogP contribution in [0.5, 0.6) is 0 Å². The molecule has 0 N–H and O–H groups in total. The average Bonchev–Trinajstić information content (AvgIpc) is 3.08. The minimum atomic E-state index is -0.0594. The van der Waals surface area contributed by atoms with Gasteiger partial charge >= 0.3 is 5.97 Å². The Balaban J connectivity index is 1.20. The van der Waals surface area contributed by atoms with Gasteiger partial charge in [-0.05, 0) is 61.7 Å². The van der Waals surface area contributed by atoms with E-state index in [-0.39, 0.29) is 22.9 Å². The van der Waals surface area contributed by atoms with E-state index in [1.54, 1.807) is 0 Å². The molecule has 31 heavy (non-hydrogen) atoms. The summed E-state index contributed by atoms with van der Waals surface area (Å²) in [5.74, 6) is 2.39. The summed E-state index contributed by atoms with van der Waals surface area (Å²) in [6.07, 6.45) is 11.2. The van der Waals surface area contributed by atoms with Crippen molar-refractivity contribution in [2.24, 2.45) is 28.6 Å². The second-order valence-corrected chi connectivity index (χ2v) is 11.2. The van der Waals surface area contributed by atoms with Crippen molar-refractivity contribution in [3.05, 3.63) is 11.6 Å². The van der Waals surface area contributed by atoms with Gasteiger partial charge in [-0.25, -0.2) is 0 Å². The van der Waals surface area contributed by atoms with Gasteiger partial charge in [-0.1, -0.05) is 25.5 Å². The quantitative estimate of drug-likeness (QED) is 0.496. The zero-order valence-corrected chi connectivity index (χ0v) is 19.4. The number of hydrogen-bond acceptors (Lipinski definition) is 5. The molecule has 5 rings (SSSR count). The first-order valence-electron chi connectivity index (χ1n) is 12.6. The topological polar surface area (TPSA) is 55.8 Å². The lowest BCUT2D eigenvalue weighted by Crippen LogP contribution is -2.50. The van der Waals surface area contributed by atoms with Gasteiger partial charge in [0.05, 0.1) is 19.6 Å². The number of rotatable bonds is 4. The molecule has 1 aliphatic heterocycles. The lowest BCUT2D eigenvalue weighted by molar-refractivity contribution is -0.152. The SMILES string of the molecule is C[C@]12CC[C@@H](OC(=O)CCN3CCOCC3)CC1=CC[C@H]1[C@H]2CC[C@]2(C)C(=O)CC[C@H]12. The zero-order chi connectivity index (χ0) is 21.6. The minimum absolute atomic E-state index is 0.0370. The van der Waals surface area contributed by atoms with Crippen LogP contribution in [0.3, 0.4) is 0 Å². The largest absolute Gasteiger partial charge is 0.462 e. The van der Waals surface area contributed by atoms with Crippen LogP contribution in [0.2, 0.25) is 0 Å². The van der Waals surface area contributed by atoms with Crippen LogP contribution in [0, 0.1) is 28.6 Å². The fourth-order valence-corrected chi connectivity index (χ4v) is 7.82. The summed E-state index contributed by atoms with van der Waals surface area (Å²) in [4.78, 5) is 27.4. The molecule has 0 spiro atoms. The Morgan fingerprint density at radius 3 is 2.68 bits per heavy atom. The summed E-state index contributed by atoms with van der Waals surface area (Å²) in [6.45, 7) is 8.84. The van der Waals surface area contributed by atoms with Crippen LogP contribution >= 0.6 is 0 Å². The van der Waals surface area contributed by atoms with Gasteiger partial charge in [-0.15, -0.1) is 0 Å². The fourth-order valence-electron chi connectivity index (χ4n) is 7.82. The molecular formula is C26H39NO4. The first-order chi connectivity index (χ1) is 14.9. The van der Waals surface area contributed by atoms with Crippen LogP contribution in [0.1, 0.15) is 71.6 Å². The Morgan fingerprint density at radius 1 is 1.13 bits per heavy atom. The van der Waals surface area contributed by atoms with Crippen molar-refractivity contribution in [1.29, 1.82) is 0 Å². The van der Waals surface area contributed by atoms with Crippen LogP contribution in [0.25, 0.3) is 0 Å². The molecule has 5 nitrogen and oxygen atoms in total. The molecule has 0 aromatic carbocycles. The van der Waals surface area contributed by atoms with E-state index in [1.807, 2.05) is 0 Å². The maximum Gasteiger partial charge on any atom is 0.307 e. The second kappa shape index (κ2) is 8.30. The van der Waals surface area contributed by atoms with Gasteiger partial charge in [0, 0.05) is 37.9 Å². The highest BCUT2D eigenvalue weighted by Crippen LogP contribution is 2.64. The van der Waals surface area contributed by atoms with Crippen molar-refractivity contribution in [3.63, 3.8) is 0 Å². The second-order valence-electron chi connectivity index (χ2n) is 11.2. The Kier molecular flexibility index (Phi) is 5.79. The number of carbonyl (C=O) groups excluding carboxylic acids is 2. The monoisotopic (exact) mass is 429 g/mol. The molecule has 0 bridgehead atoms. The third kappa shape index (κ3) is 3.80. The third-order valence-corrected chi connectivity index (χ3v) is 9.80.